The second kappa shape index (κ2) is 3.62. The molecule has 4 aromatic rings. The standard InChI is InChI=1S/C15H11N3O/c16-15-14(17-13-7-3-4-8-18(13)15)11-9-19-12-6-2-1-5-10(11)12/h1-9H,16H2. The normalized spacial score (nSPS) is 11.4. The lowest BCUT2D eigenvalue weighted by atomic mass is 10.1. The third-order valence-corrected chi connectivity index (χ3v) is 3.30. The Hall–Kier alpha value is -2.75. The SMILES string of the molecule is Nc1c(-c2coc3ccccc23)nc2ccccn12. The Kier molecular flexibility index (Phi) is 1.94. The number of para-hydroxylation sites is 1. The van der Waals surface area contributed by atoms with Gasteiger partial charge in [0, 0.05) is 11.6 Å². The molecule has 1 aromatic carbocycles. The van der Waals surface area contributed by atoms with Crippen molar-refractivity contribution in [2.45, 2.75) is 0 Å². The molecule has 0 unspecified atom stereocenters. The molecule has 0 atom stereocenters. The summed E-state index contributed by atoms with van der Waals surface area (Å²) >= 11 is 0. The molecule has 19 heavy (non-hydrogen) atoms. The molecular weight excluding hydrogens is 238 g/mol. The molecular formula is C15H11N3O. The van der Waals surface area contributed by atoms with Crippen LogP contribution in [0.15, 0.2) is 59.3 Å². The van der Waals surface area contributed by atoms with Crippen molar-refractivity contribution >= 4 is 22.4 Å². The lowest BCUT2D eigenvalue weighted by molar-refractivity contribution is 0.617. The number of hydrogen-bond donors (Lipinski definition) is 1. The van der Waals surface area contributed by atoms with Gasteiger partial charge < -0.3 is 10.2 Å². The van der Waals surface area contributed by atoms with Gasteiger partial charge in [-0.1, -0.05) is 24.3 Å². The number of rotatable bonds is 1. The molecule has 0 aliphatic heterocycles. The minimum Gasteiger partial charge on any atom is -0.464 e. The highest BCUT2D eigenvalue weighted by molar-refractivity contribution is 5.95. The third-order valence-electron chi connectivity index (χ3n) is 3.30. The van der Waals surface area contributed by atoms with Gasteiger partial charge in [-0.05, 0) is 18.2 Å². The van der Waals surface area contributed by atoms with Crippen LogP contribution in [-0.4, -0.2) is 9.38 Å². The van der Waals surface area contributed by atoms with Crippen LogP contribution in [-0.2, 0) is 0 Å². The Morgan fingerprint density at radius 3 is 2.79 bits per heavy atom. The first-order chi connectivity index (χ1) is 9.34. The van der Waals surface area contributed by atoms with Crippen molar-refractivity contribution in [1.29, 1.82) is 0 Å². The van der Waals surface area contributed by atoms with Gasteiger partial charge in [0.05, 0.1) is 5.56 Å². The summed E-state index contributed by atoms with van der Waals surface area (Å²) in [5.41, 5.74) is 9.54. The number of fused-ring (bicyclic) bond motifs is 2. The van der Waals surface area contributed by atoms with E-state index in [4.69, 9.17) is 10.2 Å². The second-order valence-electron chi connectivity index (χ2n) is 4.42. The molecule has 0 spiro atoms. The number of nitrogens with two attached hydrogens (primary N) is 1. The van der Waals surface area contributed by atoms with E-state index in [0.29, 0.717) is 5.82 Å². The van der Waals surface area contributed by atoms with Crippen LogP contribution < -0.4 is 5.73 Å². The van der Waals surface area contributed by atoms with E-state index in [9.17, 15) is 0 Å². The summed E-state index contributed by atoms with van der Waals surface area (Å²) in [5.74, 6) is 0.627. The summed E-state index contributed by atoms with van der Waals surface area (Å²) in [6.45, 7) is 0. The van der Waals surface area contributed by atoms with Crippen molar-refractivity contribution in [1.82, 2.24) is 9.38 Å². The summed E-state index contributed by atoms with van der Waals surface area (Å²) < 4.78 is 7.42. The number of nitrogens with zero attached hydrogens (tertiary/aromatic N) is 2. The highest BCUT2D eigenvalue weighted by Gasteiger charge is 2.15. The van der Waals surface area contributed by atoms with E-state index in [-0.39, 0.29) is 0 Å². The number of imidazole rings is 1. The van der Waals surface area contributed by atoms with Gasteiger partial charge in [0.2, 0.25) is 0 Å². The van der Waals surface area contributed by atoms with Crippen molar-refractivity contribution in [2.24, 2.45) is 0 Å². The summed E-state index contributed by atoms with van der Waals surface area (Å²) in [6, 6.07) is 13.7. The van der Waals surface area contributed by atoms with Crippen LogP contribution in [0.5, 0.6) is 0 Å². The zero-order valence-electron chi connectivity index (χ0n) is 10.1. The van der Waals surface area contributed by atoms with Gasteiger partial charge in [0.15, 0.2) is 0 Å². The molecule has 4 rings (SSSR count). The summed E-state index contributed by atoms with van der Waals surface area (Å²) in [7, 11) is 0. The van der Waals surface area contributed by atoms with E-state index in [1.54, 1.807) is 6.26 Å². The Bertz CT molecular complexity index is 889. The van der Waals surface area contributed by atoms with Gasteiger partial charge in [0.1, 0.15) is 29.0 Å². The Morgan fingerprint density at radius 2 is 1.89 bits per heavy atom. The maximum Gasteiger partial charge on any atom is 0.139 e. The quantitative estimate of drug-likeness (QED) is 0.563. The summed E-state index contributed by atoms with van der Waals surface area (Å²) in [4.78, 5) is 4.58. The number of pyridine rings is 1. The van der Waals surface area contributed by atoms with E-state index in [2.05, 4.69) is 4.98 Å². The number of benzene rings is 1. The zero-order chi connectivity index (χ0) is 12.8. The molecule has 0 saturated heterocycles. The van der Waals surface area contributed by atoms with Gasteiger partial charge >= 0.3 is 0 Å². The first-order valence-electron chi connectivity index (χ1n) is 6.04. The van der Waals surface area contributed by atoms with E-state index >= 15 is 0 Å². The Labute approximate surface area is 109 Å². The van der Waals surface area contributed by atoms with Gasteiger partial charge in [-0.25, -0.2) is 4.98 Å². The van der Waals surface area contributed by atoms with Gasteiger partial charge in [0.25, 0.3) is 0 Å². The fraction of sp³-hybridized carbons (Fsp3) is 0. The first kappa shape index (κ1) is 10.2. The van der Waals surface area contributed by atoms with Crippen molar-refractivity contribution in [2.75, 3.05) is 5.73 Å². The van der Waals surface area contributed by atoms with Crippen molar-refractivity contribution in [3.05, 3.63) is 54.9 Å². The second-order valence-corrected chi connectivity index (χ2v) is 4.42. The monoisotopic (exact) mass is 249 g/mol. The average molecular weight is 249 g/mol. The Morgan fingerprint density at radius 1 is 1.05 bits per heavy atom. The maximum absolute atomic E-state index is 6.18. The number of nitrogen functional groups attached to an aromatic ring is 1. The van der Waals surface area contributed by atoms with Crippen LogP contribution in [0.25, 0.3) is 27.9 Å². The molecule has 0 saturated carbocycles. The van der Waals surface area contributed by atoms with Crippen molar-refractivity contribution in [3.63, 3.8) is 0 Å². The van der Waals surface area contributed by atoms with E-state index in [1.165, 1.54) is 0 Å². The number of anilines is 1. The van der Waals surface area contributed by atoms with Gasteiger partial charge in [-0.3, -0.25) is 4.40 Å². The largest absolute Gasteiger partial charge is 0.464 e. The van der Waals surface area contributed by atoms with Crippen LogP contribution in [0.2, 0.25) is 0 Å². The molecule has 3 heterocycles. The average Bonchev–Trinajstić information content (AvgIpc) is 3.01. The molecule has 0 aliphatic carbocycles. The van der Waals surface area contributed by atoms with Crippen LogP contribution in [0.3, 0.4) is 0 Å². The minimum absolute atomic E-state index is 0.627. The molecule has 4 nitrogen and oxygen atoms in total. The predicted molar refractivity (Wildman–Crippen MR) is 74.8 cm³/mol. The molecule has 0 amide bonds. The number of hydrogen-bond acceptors (Lipinski definition) is 3. The summed E-state index contributed by atoms with van der Waals surface area (Å²) in [5, 5.41) is 1.03. The molecule has 2 N–H and O–H groups in total. The van der Waals surface area contributed by atoms with Crippen LogP contribution in [0.4, 0.5) is 5.82 Å². The molecule has 0 radical (unpaired) electrons. The van der Waals surface area contributed by atoms with Crippen LogP contribution >= 0.6 is 0 Å². The first-order valence-corrected chi connectivity index (χ1v) is 6.04. The number of furan rings is 1. The van der Waals surface area contributed by atoms with Gasteiger partial charge in [-0.2, -0.15) is 0 Å². The van der Waals surface area contributed by atoms with Crippen LogP contribution in [0, 0.1) is 0 Å². The highest BCUT2D eigenvalue weighted by Crippen LogP contribution is 2.33. The highest BCUT2D eigenvalue weighted by atomic mass is 16.3. The molecule has 0 aliphatic rings. The smallest absolute Gasteiger partial charge is 0.139 e. The molecule has 4 heteroatoms. The third kappa shape index (κ3) is 1.37. The van der Waals surface area contributed by atoms with Crippen LogP contribution in [0.1, 0.15) is 0 Å². The number of aromatic nitrogens is 2. The molecule has 0 fully saturated rings. The zero-order valence-corrected chi connectivity index (χ0v) is 10.1. The lowest BCUT2D eigenvalue weighted by Gasteiger charge is -1.96. The summed E-state index contributed by atoms with van der Waals surface area (Å²) in [6.07, 6.45) is 3.62. The fourth-order valence-corrected chi connectivity index (χ4v) is 2.37. The molecule has 0 bridgehead atoms. The van der Waals surface area contributed by atoms with E-state index in [0.717, 1.165) is 27.9 Å². The maximum atomic E-state index is 6.18. The van der Waals surface area contributed by atoms with Crippen molar-refractivity contribution < 1.29 is 4.42 Å². The predicted octanol–water partition coefficient (Wildman–Crippen LogP) is 3.33. The lowest BCUT2D eigenvalue weighted by Crippen LogP contribution is -1.93. The fourth-order valence-electron chi connectivity index (χ4n) is 2.37. The molecule has 3 aromatic heterocycles. The topological polar surface area (TPSA) is 56.5 Å². The van der Waals surface area contributed by atoms with E-state index in [1.807, 2.05) is 53.1 Å². The molecule has 92 valence electrons. The van der Waals surface area contributed by atoms with Gasteiger partial charge in [-0.15, -0.1) is 0 Å². The minimum atomic E-state index is 0.627. The van der Waals surface area contributed by atoms with E-state index < -0.39 is 0 Å². The Balaban J connectivity index is 2.07. The van der Waals surface area contributed by atoms with Crippen molar-refractivity contribution in [3.8, 4) is 11.3 Å².